The number of benzene rings is 2. The molecule has 1 unspecified atom stereocenters. The van der Waals surface area contributed by atoms with Crippen LogP contribution in [0.5, 0.6) is 5.75 Å². The van der Waals surface area contributed by atoms with Crippen LogP contribution < -0.4 is 10.7 Å². The third-order valence-corrected chi connectivity index (χ3v) is 12.3. The van der Waals surface area contributed by atoms with E-state index < -0.39 is 41.1 Å². The number of hydrogen-bond donors (Lipinski definition) is 3. The first-order chi connectivity index (χ1) is 28.9. The molecule has 4 aliphatic heterocycles. The monoisotopic (exact) mass is 836 g/mol. The van der Waals surface area contributed by atoms with E-state index in [9.17, 15) is 19.5 Å². The molecule has 4 atom stereocenters. The molecule has 1 fully saturated rings. The topological polar surface area (TPSA) is 147 Å². The molecule has 0 spiro atoms. The molecule has 1 aromatic heterocycles. The van der Waals surface area contributed by atoms with Gasteiger partial charge >= 0.3 is 12.1 Å². The number of phenols is 1. The summed E-state index contributed by atoms with van der Waals surface area (Å²) in [4.78, 5) is 48.8. The summed E-state index contributed by atoms with van der Waals surface area (Å²) in [6.07, 6.45) is 6.97. The first-order valence-corrected chi connectivity index (χ1v) is 21.8. The molecule has 7 rings (SSSR count). The van der Waals surface area contributed by atoms with Gasteiger partial charge in [0.2, 0.25) is 0 Å². The number of carbonyl (C=O) groups excluding carboxylic acids is 3. The molecular formula is C48H64N6O7. The Labute approximate surface area is 360 Å². The largest absolute Gasteiger partial charge is 0.508 e. The molecule has 2 aromatic carbocycles. The van der Waals surface area contributed by atoms with Gasteiger partial charge in [0.25, 0.3) is 5.91 Å². The standard InChI is InChI=1S/C48H64N6O7/c1-10-53-41-14-13-32-24-36(41)38(43(53)37-25-34(27-49-42(37)29(2)59-9)31-15-18-52(8)19-16-31)26-48(6,7)28-60-45(57)39-12-11-17-54(51-39)44(56)40(50-46(58)61-47(3,4)5)22-30-20-33(32)23-35(55)21-30/h13-15,20-21,23-24,27,29,34,39-40,51,55H,10-12,16-19,22,25-26,28H2,1-9H3,(H,50,58)/t29-,34?,39-,40-/m0/s1. The lowest BCUT2D eigenvalue weighted by molar-refractivity contribution is -0.155. The number of aryl methyl sites for hydroxylation is 1. The highest BCUT2D eigenvalue weighted by atomic mass is 16.6. The summed E-state index contributed by atoms with van der Waals surface area (Å²) in [5.74, 6) is -0.666. The van der Waals surface area contributed by atoms with Gasteiger partial charge in [0.15, 0.2) is 0 Å². The van der Waals surface area contributed by atoms with Crippen molar-refractivity contribution >= 4 is 40.7 Å². The fourth-order valence-electron chi connectivity index (χ4n) is 9.16. The number of hydrazine groups is 1. The van der Waals surface area contributed by atoms with E-state index in [-0.39, 0.29) is 30.8 Å². The van der Waals surface area contributed by atoms with Crippen LogP contribution >= 0.6 is 0 Å². The number of ether oxygens (including phenoxy) is 3. The first-order valence-electron chi connectivity index (χ1n) is 21.8. The lowest BCUT2D eigenvalue weighted by Gasteiger charge is -2.36. The smallest absolute Gasteiger partial charge is 0.408 e. The van der Waals surface area contributed by atoms with Gasteiger partial charge < -0.3 is 34.1 Å². The zero-order valence-electron chi connectivity index (χ0n) is 37.4. The highest BCUT2D eigenvalue weighted by Crippen LogP contribution is 2.44. The second-order valence-corrected chi connectivity index (χ2v) is 19.0. The number of hydrogen-bond acceptors (Lipinski definition) is 10. The maximum atomic E-state index is 14.2. The Kier molecular flexibility index (Phi) is 12.9. The number of aromatic nitrogens is 1. The fourth-order valence-corrected chi connectivity index (χ4v) is 9.16. The van der Waals surface area contributed by atoms with Crippen LogP contribution in [0.2, 0.25) is 0 Å². The second-order valence-electron chi connectivity index (χ2n) is 19.0. The van der Waals surface area contributed by atoms with E-state index in [2.05, 4.69) is 85.4 Å². The van der Waals surface area contributed by atoms with Gasteiger partial charge in [-0.2, -0.15) is 0 Å². The van der Waals surface area contributed by atoms with Crippen molar-refractivity contribution in [1.29, 1.82) is 0 Å². The summed E-state index contributed by atoms with van der Waals surface area (Å²) >= 11 is 0. The molecule has 2 amide bonds. The maximum absolute atomic E-state index is 14.2. The Hall–Kier alpha value is -4.98. The number of allylic oxidation sites excluding steroid dienone is 1. The van der Waals surface area contributed by atoms with Gasteiger partial charge in [0, 0.05) is 73.7 Å². The molecule has 13 heteroatoms. The van der Waals surface area contributed by atoms with Crippen LogP contribution in [0.25, 0.3) is 27.6 Å². The number of esters is 1. The lowest BCUT2D eigenvalue weighted by atomic mass is 9.81. The highest BCUT2D eigenvalue weighted by molar-refractivity contribution is 5.95. The number of amides is 2. The van der Waals surface area contributed by atoms with Gasteiger partial charge in [0.1, 0.15) is 23.4 Å². The minimum absolute atomic E-state index is 0.0372. The molecule has 328 valence electrons. The molecule has 4 aliphatic rings. The number of aliphatic imine (C=N–C) groups is 1. The average molecular weight is 837 g/mol. The van der Waals surface area contributed by atoms with E-state index in [1.807, 2.05) is 6.07 Å². The van der Waals surface area contributed by atoms with Crippen LogP contribution in [0.4, 0.5) is 4.79 Å². The molecule has 0 aliphatic carbocycles. The number of nitrogens with one attached hydrogen (secondary N) is 2. The molecular weight excluding hydrogens is 773 g/mol. The molecule has 13 nitrogen and oxygen atoms in total. The molecule has 61 heavy (non-hydrogen) atoms. The van der Waals surface area contributed by atoms with E-state index in [1.165, 1.54) is 10.6 Å². The van der Waals surface area contributed by atoms with Crippen molar-refractivity contribution < 1.29 is 33.7 Å². The number of carbonyl (C=O) groups is 3. The number of methoxy groups -OCH3 is 1. The van der Waals surface area contributed by atoms with Gasteiger partial charge in [-0.3, -0.25) is 19.6 Å². The number of likely N-dealkylation sites (N-methyl/N-ethyl adjacent to an activating group) is 1. The molecule has 0 radical (unpaired) electrons. The molecule has 3 aromatic rings. The zero-order chi connectivity index (χ0) is 43.8. The summed E-state index contributed by atoms with van der Waals surface area (Å²) in [6, 6.07) is 9.90. The molecule has 0 saturated carbocycles. The van der Waals surface area contributed by atoms with Crippen LogP contribution in [0.1, 0.15) is 91.0 Å². The second kappa shape index (κ2) is 17.8. The quantitative estimate of drug-likeness (QED) is 0.174. The van der Waals surface area contributed by atoms with Crippen LogP contribution in [0.3, 0.4) is 0 Å². The summed E-state index contributed by atoms with van der Waals surface area (Å²) in [7, 11) is 3.88. The molecule has 5 heterocycles. The lowest BCUT2D eigenvalue weighted by Crippen LogP contribution is -2.60. The van der Waals surface area contributed by atoms with Crippen molar-refractivity contribution in [3.8, 4) is 16.9 Å². The van der Waals surface area contributed by atoms with Crippen LogP contribution in [0.15, 0.2) is 58.7 Å². The van der Waals surface area contributed by atoms with Gasteiger partial charge in [-0.05, 0) is 120 Å². The summed E-state index contributed by atoms with van der Waals surface area (Å²) in [6.45, 7) is 16.9. The minimum Gasteiger partial charge on any atom is -0.508 e. The van der Waals surface area contributed by atoms with Crippen molar-refractivity contribution in [3.05, 3.63) is 70.6 Å². The first kappa shape index (κ1) is 44.1. The van der Waals surface area contributed by atoms with E-state index in [0.717, 1.165) is 70.5 Å². The Morgan fingerprint density at radius 3 is 2.61 bits per heavy atom. The Balaban J connectivity index is 1.39. The molecule has 1 saturated heterocycles. The summed E-state index contributed by atoms with van der Waals surface area (Å²) in [5.41, 5.74) is 10.9. The van der Waals surface area contributed by atoms with E-state index in [1.54, 1.807) is 40.0 Å². The number of phenolic OH excluding ortho intramolecular Hbond substituents is 1. The van der Waals surface area contributed by atoms with Gasteiger partial charge in [-0.1, -0.05) is 37.6 Å². The van der Waals surface area contributed by atoms with Crippen LogP contribution in [-0.4, -0.2) is 108 Å². The Morgan fingerprint density at radius 2 is 1.90 bits per heavy atom. The Morgan fingerprint density at radius 1 is 1.11 bits per heavy atom. The maximum Gasteiger partial charge on any atom is 0.408 e. The van der Waals surface area contributed by atoms with Crippen LogP contribution in [-0.2, 0) is 43.2 Å². The summed E-state index contributed by atoms with van der Waals surface area (Å²) < 4.78 is 20.1. The average Bonchev–Trinajstić information content (AvgIpc) is 3.52. The Bertz CT molecular complexity index is 2260. The predicted octanol–water partition coefficient (Wildman–Crippen LogP) is 7.19. The van der Waals surface area contributed by atoms with E-state index in [4.69, 9.17) is 19.2 Å². The van der Waals surface area contributed by atoms with Gasteiger partial charge in [-0.15, -0.1) is 0 Å². The number of fused-ring (bicyclic) bond motifs is 6. The predicted molar refractivity (Wildman–Crippen MR) is 238 cm³/mol. The van der Waals surface area contributed by atoms with Crippen molar-refractivity contribution in [2.24, 2.45) is 16.3 Å². The minimum atomic E-state index is -1.07. The SMILES string of the molecule is CCn1c(C2=C([C@H](C)OC)N=CC(C3=CCN(C)CC3)C2)c2c3cc(ccc31)-c1cc(O)cc(c1)C[C@H](NC(=O)OC(C)(C)C)C(=O)N1CCC[C@H](N1)C(=O)OCC(C)(C)C2. The number of rotatable bonds is 6. The number of cyclic esters (lactones) is 1. The normalized spacial score (nSPS) is 23.3. The van der Waals surface area contributed by atoms with E-state index in [0.29, 0.717) is 37.9 Å². The van der Waals surface area contributed by atoms with Crippen molar-refractivity contribution in [2.45, 2.75) is 117 Å². The summed E-state index contributed by atoms with van der Waals surface area (Å²) in [5, 5.41) is 16.5. The zero-order valence-corrected chi connectivity index (χ0v) is 37.4. The van der Waals surface area contributed by atoms with Crippen LogP contribution in [0, 0.1) is 11.3 Å². The molecule has 6 bridgehead atoms. The van der Waals surface area contributed by atoms with Crippen molar-refractivity contribution in [1.82, 2.24) is 25.2 Å². The fraction of sp³-hybridized carbons (Fsp3) is 0.542. The van der Waals surface area contributed by atoms with E-state index >= 15 is 0 Å². The number of alkyl carbamates (subject to hydrolysis) is 1. The third-order valence-electron chi connectivity index (χ3n) is 12.3. The highest BCUT2D eigenvalue weighted by Gasteiger charge is 2.37. The van der Waals surface area contributed by atoms with Gasteiger partial charge in [-0.25, -0.2) is 10.2 Å². The number of aromatic hydroxyl groups is 1. The van der Waals surface area contributed by atoms with Gasteiger partial charge in [0.05, 0.1) is 24.1 Å². The molecule has 3 N–H and O–H groups in total. The van der Waals surface area contributed by atoms with Crippen molar-refractivity contribution in [2.75, 3.05) is 40.4 Å². The number of nitrogens with zero attached hydrogens (tertiary/aromatic N) is 4. The third kappa shape index (κ3) is 9.90. The van der Waals surface area contributed by atoms with Crippen molar-refractivity contribution in [3.63, 3.8) is 0 Å².